The van der Waals surface area contributed by atoms with E-state index in [1.165, 1.54) is 5.56 Å². The average Bonchev–Trinajstić information content (AvgIpc) is 2.62. The van der Waals surface area contributed by atoms with Gasteiger partial charge in [-0.2, -0.15) is 5.26 Å². The van der Waals surface area contributed by atoms with Gasteiger partial charge >= 0.3 is 0 Å². The summed E-state index contributed by atoms with van der Waals surface area (Å²) in [6, 6.07) is 28.0. The molecule has 3 aromatic carbocycles. The van der Waals surface area contributed by atoms with Crippen LogP contribution in [0.4, 0.5) is 11.4 Å². The maximum absolute atomic E-state index is 8.83. The van der Waals surface area contributed by atoms with Crippen molar-refractivity contribution in [3.8, 4) is 6.07 Å². The van der Waals surface area contributed by atoms with Gasteiger partial charge in [-0.3, -0.25) is 0 Å². The van der Waals surface area contributed by atoms with Crippen LogP contribution in [0.5, 0.6) is 0 Å². The molecule has 0 aliphatic heterocycles. The molecule has 0 fully saturated rings. The minimum absolute atomic E-state index is 0.662. The SMILES string of the molecule is N#Cc1ccc(Nc2cccc(/C=C/c3ccccc3)c2)cc1. The number of anilines is 2. The topological polar surface area (TPSA) is 35.8 Å². The molecule has 0 heterocycles. The second kappa shape index (κ2) is 7.11. The first kappa shape index (κ1) is 14.6. The molecule has 0 saturated carbocycles. The summed E-state index contributed by atoms with van der Waals surface area (Å²) in [4.78, 5) is 0. The molecule has 2 heteroatoms. The van der Waals surface area contributed by atoms with Crippen LogP contribution in [0.25, 0.3) is 12.2 Å². The highest BCUT2D eigenvalue weighted by molar-refractivity contribution is 5.72. The summed E-state index contributed by atoms with van der Waals surface area (Å²) in [6.07, 6.45) is 4.19. The Morgan fingerprint density at radius 1 is 0.696 bits per heavy atom. The molecule has 3 aromatic rings. The third-order valence-corrected chi connectivity index (χ3v) is 3.46. The highest BCUT2D eigenvalue weighted by Crippen LogP contribution is 2.19. The first-order chi connectivity index (χ1) is 11.3. The molecule has 110 valence electrons. The van der Waals surface area contributed by atoms with Crippen LogP contribution in [-0.2, 0) is 0 Å². The van der Waals surface area contributed by atoms with Crippen molar-refractivity contribution in [2.45, 2.75) is 0 Å². The fourth-order valence-corrected chi connectivity index (χ4v) is 2.27. The van der Waals surface area contributed by atoms with Crippen molar-refractivity contribution in [2.24, 2.45) is 0 Å². The predicted molar refractivity (Wildman–Crippen MR) is 96.3 cm³/mol. The van der Waals surface area contributed by atoms with Gasteiger partial charge in [-0.25, -0.2) is 0 Å². The van der Waals surface area contributed by atoms with E-state index in [9.17, 15) is 0 Å². The lowest BCUT2D eigenvalue weighted by molar-refractivity contribution is 1.47. The second-order valence-corrected chi connectivity index (χ2v) is 5.18. The lowest BCUT2D eigenvalue weighted by Crippen LogP contribution is -1.90. The normalized spacial score (nSPS) is 10.4. The van der Waals surface area contributed by atoms with Crippen molar-refractivity contribution in [3.05, 3.63) is 95.6 Å². The number of rotatable bonds is 4. The first-order valence-electron chi connectivity index (χ1n) is 7.44. The molecule has 0 aliphatic carbocycles. The maximum atomic E-state index is 8.83. The molecular weight excluding hydrogens is 280 g/mol. The molecule has 0 aromatic heterocycles. The largest absolute Gasteiger partial charge is 0.356 e. The van der Waals surface area contributed by atoms with Crippen LogP contribution in [0.3, 0.4) is 0 Å². The van der Waals surface area contributed by atoms with E-state index in [4.69, 9.17) is 5.26 Å². The van der Waals surface area contributed by atoms with Gasteiger partial charge in [0.15, 0.2) is 0 Å². The number of nitrogens with one attached hydrogen (secondary N) is 1. The smallest absolute Gasteiger partial charge is 0.0991 e. The first-order valence-corrected chi connectivity index (χ1v) is 7.44. The highest BCUT2D eigenvalue weighted by atomic mass is 14.9. The molecule has 0 unspecified atom stereocenters. The van der Waals surface area contributed by atoms with Crippen LogP contribution in [-0.4, -0.2) is 0 Å². The van der Waals surface area contributed by atoms with Crippen LogP contribution in [0.1, 0.15) is 16.7 Å². The van der Waals surface area contributed by atoms with Crippen LogP contribution >= 0.6 is 0 Å². The predicted octanol–water partition coefficient (Wildman–Crippen LogP) is 5.47. The lowest BCUT2D eigenvalue weighted by Gasteiger charge is -2.07. The summed E-state index contributed by atoms with van der Waals surface area (Å²) in [5.41, 5.74) is 4.96. The van der Waals surface area contributed by atoms with Gasteiger partial charge in [0, 0.05) is 11.4 Å². The molecule has 23 heavy (non-hydrogen) atoms. The lowest BCUT2D eigenvalue weighted by atomic mass is 10.1. The van der Waals surface area contributed by atoms with E-state index in [1.807, 2.05) is 54.6 Å². The van der Waals surface area contributed by atoms with Gasteiger partial charge < -0.3 is 5.32 Å². The van der Waals surface area contributed by atoms with Crippen LogP contribution in [0.2, 0.25) is 0 Å². The molecule has 0 spiro atoms. The molecule has 0 bridgehead atoms. The summed E-state index contributed by atoms with van der Waals surface area (Å²) in [6.45, 7) is 0. The number of hydrogen-bond donors (Lipinski definition) is 1. The fraction of sp³-hybridized carbons (Fsp3) is 0. The maximum Gasteiger partial charge on any atom is 0.0991 e. The van der Waals surface area contributed by atoms with Crippen molar-refractivity contribution >= 4 is 23.5 Å². The van der Waals surface area contributed by atoms with Crippen LogP contribution in [0.15, 0.2) is 78.9 Å². The van der Waals surface area contributed by atoms with Crippen LogP contribution < -0.4 is 5.32 Å². The molecular formula is C21H16N2. The summed E-state index contributed by atoms with van der Waals surface area (Å²) >= 11 is 0. The minimum Gasteiger partial charge on any atom is -0.356 e. The summed E-state index contributed by atoms with van der Waals surface area (Å²) in [7, 11) is 0. The molecule has 0 amide bonds. The summed E-state index contributed by atoms with van der Waals surface area (Å²) in [5.74, 6) is 0. The van der Waals surface area contributed by atoms with Gasteiger partial charge in [-0.1, -0.05) is 54.6 Å². The molecule has 3 rings (SSSR count). The van der Waals surface area contributed by atoms with Gasteiger partial charge in [0.05, 0.1) is 11.6 Å². The Bertz CT molecular complexity index is 841. The van der Waals surface area contributed by atoms with Gasteiger partial charge in [0.25, 0.3) is 0 Å². The van der Waals surface area contributed by atoms with E-state index in [0.717, 1.165) is 16.9 Å². The molecule has 2 nitrogen and oxygen atoms in total. The monoisotopic (exact) mass is 296 g/mol. The van der Waals surface area contributed by atoms with Crippen molar-refractivity contribution in [2.75, 3.05) is 5.32 Å². The zero-order chi connectivity index (χ0) is 15.9. The minimum atomic E-state index is 0.662. The Kier molecular flexibility index (Phi) is 4.52. The van der Waals surface area contributed by atoms with Crippen molar-refractivity contribution in [1.29, 1.82) is 5.26 Å². The Morgan fingerprint density at radius 3 is 2.13 bits per heavy atom. The van der Waals surface area contributed by atoms with E-state index < -0.39 is 0 Å². The quantitative estimate of drug-likeness (QED) is 0.648. The van der Waals surface area contributed by atoms with Crippen LogP contribution in [0, 0.1) is 11.3 Å². The Labute approximate surface area is 136 Å². The summed E-state index contributed by atoms with van der Waals surface area (Å²) in [5, 5.41) is 12.2. The number of benzene rings is 3. The zero-order valence-electron chi connectivity index (χ0n) is 12.6. The molecule has 0 saturated heterocycles. The van der Waals surface area contributed by atoms with Gasteiger partial charge in [-0.15, -0.1) is 0 Å². The van der Waals surface area contributed by atoms with E-state index in [0.29, 0.717) is 5.56 Å². The van der Waals surface area contributed by atoms with Crippen molar-refractivity contribution in [1.82, 2.24) is 0 Å². The van der Waals surface area contributed by atoms with Gasteiger partial charge in [-0.05, 0) is 47.5 Å². The average molecular weight is 296 g/mol. The molecule has 0 aliphatic rings. The Hall–Kier alpha value is -3.31. The standard InChI is InChI=1S/C21H16N2/c22-16-19-11-13-20(14-12-19)23-21-8-4-7-18(15-21)10-9-17-5-2-1-3-6-17/h1-15,23H/b10-9+. The Morgan fingerprint density at radius 2 is 1.39 bits per heavy atom. The highest BCUT2D eigenvalue weighted by Gasteiger charge is 1.96. The van der Waals surface area contributed by atoms with Crippen molar-refractivity contribution in [3.63, 3.8) is 0 Å². The van der Waals surface area contributed by atoms with Crippen molar-refractivity contribution < 1.29 is 0 Å². The van der Waals surface area contributed by atoms with Gasteiger partial charge in [0.1, 0.15) is 0 Å². The molecule has 0 atom stereocenters. The number of nitrogens with zero attached hydrogens (tertiary/aromatic N) is 1. The van der Waals surface area contributed by atoms with E-state index in [-0.39, 0.29) is 0 Å². The van der Waals surface area contributed by atoms with E-state index in [1.54, 1.807) is 0 Å². The third-order valence-electron chi connectivity index (χ3n) is 3.46. The molecule has 0 radical (unpaired) electrons. The fourth-order valence-electron chi connectivity index (χ4n) is 2.27. The number of nitriles is 1. The third kappa shape index (κ3) is 4.09. The van der Waals surface area contributed by atoms with E-state index >= 15 is 0 Å². The number of hydrogen-bond acceptors (Lipinski definition) is 2. The van der Waals surface area contributed by atoms with Gasteiger partial charge in [0.2, 0.25) is 0 Å². The molecule has 1 N–H and O–H groups in total. The zero-order valence-corrected chi connectivity index (χ0v) is 12.6. The van der Waals surface area contributed by atoms with E-state index in [2.05, 4.69) is 47.8 Å². The summed E-state index contributed by atoms with van der Waals surface area (Å²) < 4.78 is 0. The Balaban J connectivity index is 1.74. The second-order valence-electron chi connectivity index (χ2n) is 5.18.